The van der Waals surface area contributed by atoms with Gasteiger partial charge in [-0.2, -0.15) is 4.98 Å². The Labute approximate surface area is 216 Å². The molecule has 0 radical (unpaired) electrons. The Kier molecular flexibility index (Phi) is 6.29. The van der Waals surface area contributed by atoms with Crippen LogP contribution in [0.1, 0.15) is 31.7 Å². The summed E-state index contributed by atoms with van der Waals surface area (Å²) in [5.41, 5.74) is 1.82. The SMILES string of the molecule is CC(Nc1nc(-c2noc(=O)[nH]2)nc2nc(N3CCOCC3)n(Cc3ccc(Cl)c(F)c3)c12)C1CCC1. The van der Waals surface area contributed by atoms with Crippen LogP contribution in [0.15, 0.2) is 27.5 Å². The van der Waals surface area contributed by atoms with E-state index in [4.69, 9.17) is 26.3 Å². The standard InChI is InChI=1S/C24H26ClFN8O3/c1-13(15-3-2-4-15)27-19-18-20(29-21(28-19)22-31-24(35)37-32-22)30-23(33-7-9-36-10-8-33)34(18)12-14-5-6-16(25)17(26)11-14/h5-6,11,13,15H,2-4,7-10,12H2,1H3,(H,27,28,29)(H,31,32,35). The molecule has 1 aromatic carbocycles. The lowest BCUT2D eigenvalue weighted by Crippen LogP contribution is -2.38. The van der Waals surface area contributed by atoms with Gasteiger partial charge in [0.15, 0.2) is 11.5 Å². The molecule has 4 heterocycles. The number of morpholine rings is 1. The molecule has 2 fully saturated rings. The molecular weight excluding hydrogens is 503 g/mol. The zero-order valence-corrected chi connectivity index (χ0v) is 21.0. The number of hydrogen-bond acceptors (Lipinski definition) is 9. The van der Waals surface area contributed by atoms with E-state index in [2.05, 4.69) is 36.8 Å². The van der Waals surface area contributed by atoms with Crippen molar-refractivity contribution in [1.29, 1.82) is 0 Å². The first kappa shape index (κ1) is 23.9. The van der Waals surface area contributed by atoms with Crippen molar-refractivity contribution in [2.75, 3.05) is 36.5 Å². The summed E-state index contributed by atoms with van der Waals surface area (Å²) in [6.07, 6.45) is 3.50. The summed E-state index contributed by atoms with van der Waals surface area (Å²) in [5, 5.41) is 7.40. The monoisotopic (exact) mass is 528 g/mol. The van der Waals surface area contributed by atoms with Gasteiger partial charge < -0.3 is 19.5 Å². The van der Waals surface area contributed by atoms with Crippen LogP contribution in [0.4, 0.5) is 16.2 Å². The summed E-state index contributed by atoms with van der Waals surface area (Å²) in [7, 11) is 0. The molecule has 1 aliphatic heterocycles. The number of rotatable bonds is 7. The second-order valence-corrected chi connectivity index (χ2v) is 9.89. The molecule has 0 amide bonds. The average molecular weight is 529 g/mol. The van der Waals surface area contributed by atoms with E-state index in [-0.39, 0.29) is 22.7 Å². The normalized spacial score (nSPS) is 17.2. The molecule has 0 spiro atoms. The molecule has 1 aliphatic carbocycles. The number of nitrogens with zero attached hydrogens (tertiary/aromatic N) is 6. The minimum absolute atomic E-state index is 0.0684. The Bertz CT molecular complexity index is 1490. The van der Waals surface area contributed by atoms with E-state index < -0.39 is 11.6 Å². The molecule has 4 aromatic rings. The van der Waals surface area contributed by atoms with Crippen LogP contribution in [0.3, 0.4) is 0 Å². The lowest BCUT2D eigenvalue weighted by Gasteiger charge is -2.32. The van der Waals surface area contributed by atoms with Crippen molar-refractivity contribution in [3.05, 3.63) is 45.2 Å². The van der Waals surface area contributed by atoms with E-state index in [1.807, 2.05) is 4.57 Å². The molecule has 1 unspecified atom stereocenters. The van der Waals surface area contributed by atoms with Crippen molar-refractivity contribution in [1.82, 2.24) is 29.7 Å². The molecule has 1 saturated carbocycles. The number of imidazole rings is 1. The third-order valence-corrected chi connectivity index (χ3v) is 7.38. The fraction of sp³-hybridized carbons (Fsp3) is 0.458. The van der Waals surface area contributed by atoms with Gasteiger partial charge in [0.2, 0.25) is 17.6 Å². The van der Waals surface area contributed by atoms with E-state index in [1.165, 1.54) is 12.5 Å². The Morgan fingerprint density at radius 2 is 2.05 bits per heavy atom. The fourth-order valence-electron chi connectivity index (χ4n) is 4.81. The maximum atomic E-state index is 14.3. The zero-order chi connectivity index (χ0) is 25.5. The van der Waals surface area contributed by atoms with Crippen LogP contribution in [0.25, 0.3) is 22.8 Å². The van der Waals surface area contributed by atoms with Crippen molar-refractivity contribution < 1.29 is 13.7 Å². The van der Waals surface area contributed by atoms with Gasteiger partial charge in [-0.05, 0) is 43.4 Å². The maximum absolute atomic E-state index is 14.3. The summed E-state index contributed by atoms with van der Waals surface area (Å²) in [4.78, 5) is 30.5. The number of hydrogen-bond donors (Lipinski definition) is 2. The topological polar surface area (TPSA) is 127 Å². The molecule has 13 heteroatoms. The number of aromatic amines is 1. The summed E-state index contributed by atoms with van der Waals surface area (Å²) in [5.74, 6) is 0.895. The number of benzene rings is 1. The van der Waals surface area contributed by atoms with Crippen molar-refractivity contribution in [2.45, 2.75) is 38.8 Å². The summed E-state index contributed by atoms with van der Waals surface area (Å²) < 4.78 is 26.6. The van der Waals surface area contributed by atoms with Crippen molar-refractivity contribution >= 4 is 34.5 Å². The van der Waals surface area contributed by atoms with Crippen LogP contribution in [-0.4, -0.2) is 62.0 Å². The van der Waals surface area contributed by atoms with E-state index in [1.54, 1.807) is 12.1 Å². The number of aromatic nitrogens is 6. The number of nitrogens with one attached hydrogen (secondary N) is 2. The van der Waals surface area contributed by atoms with Gasteiger partial charge in [-0.25, -0.2) is 19.2 Å². The van der Waals surface area contributed by atoms with Gasteiger partial charge in [-0.15, -0.1) is 0 Å². The molecule has 3 aromatic heterocycles. The second-order valence-electron chi connectivity index (χ2n) is 9.48. The molecule has 2 aliphatic rings. The number of fused-ring (bicyclic) bond motifs is 1. The van der Waals surface area contributed by atoms with Gasteiger partial charge in [0.25, 0.3) is 0 Å². The second kappa shape index (κ2) is 9.75. The highest BCUT2D eigenvalue weighted by Crippen LogP contribution is 2.34. The first-order chi connectivity index (χ1) is 18.0. The van der Waals surface area contributed by atoms with Crippen LogP contribution in [0.2, 0.25) is 5.02 Å². The maximum Gasteiger partial charge on any atom is 0.439 e. The fourth-order valence-corrected chi connectivity index (χ4v) is 4.92. The van der Waals surface area contributed by atoms with Gasteiger partial charge in [-0.3, -0.25) is 9.51 Å². The molecular formula is C24H26ClFN8O3. The van der Waals surface area contributed by atoms with Crippen LogP contribution in [0.5, 0.6) is 0 Å². The predicted molar refractivity (Wildman–Crippen MR) is 135 cm³/mol. The molecule has 1 saturated heterocycles. The minimum Gasteiger partial charge on any atom is -0.378 e. The highest BCUT2D eigenvalue weighted by molar-refractivity contribution is 6.30. The van der Waals surface area contributed by atoms with E-state index in [9.17, 15) is 9.18 Å². The highest BCUT2D eigenvalue weighted by Gasteiger charge is 2.28. The van der Waals surface area contributed by atoms with Crippen LogP contribution >= 0.6 is 11.6 Å². The summed E-state index contributed by atoms with van der Waals surface area (Å²) >= 11 is 5.93. The first-order valence-corrected chi connectivity index (χ1v) is 12.7. The van der Waals surface area contributed by atoms with Gasteiger partial charge in [-0.1, -0.05) is 29.2 Å². The molecule has 0 bridgehead atoms. The van der Waals surface area contributed by atoms with E-state index >= 15 is 0 Å². The number of anilines is 2. The van der Waals surface area contributed by atoms with E-state index in [0.717, 1.165) is 18.4 Å². The summed E-state index contributed by atoms with van der Waals surface area (Å²) in [6.45, 7) is 4.90. The molecule has 1 atom stereocenters. The third-order valence-electron chi connectivity index (χ3n) is 7.07. The predicted octanol–water partition coefficient (Wildman–Crippen LogP) is 3.45. The van der Waals surface area contributed by atoms with Crippen LogP contribution in [-0.2, 0) is 11.3 Å². The molecule has 37 heavy (non-hydrogen) atoms. The van der Waals surface area contributed by atoms with Crippen LogP contribution in [0, 0.1) is 11.7 Å². The average Bonchev–Trinajstić information content (AvgIpc) is 3.45. The van der Waals surface area contributed by atoms with Gasteiger partial charge in [0.05, 0.1) is 24.8 Å². The smallest absolute Gasteiger partial charge is 0.378 e. The largest absolute Gasteiger partial charge is 0.439 e. The van der Waals surface area contributed by atoms with Crippen molar-refractivity contribution in [3.63, 3.8) is 0 Å². The minimum atomic E-state index is -0.694. The Morgan fingerprint density at radius 1 is 1.24 bits per heavy atom. The Hall–Kier alpha value is -3.51. The zero-order valence-electron chi connectivity index (χ0n) is 20.2. The Morgan fingerprint density at radius 3 is 2.73 bits per heavy atom. The molecule has 6 rings (SSSR count). The van der Waals surface area contributed by atoms with E-state index in [0.29, 0.717) is 61.7 Å². The third kappa shape index (κ3) is 4.66. The highest BCUT2D eigenvalue weighted by atomic mass is 35.5. The van der Waals surface area contributed by atoms with Crippen molar-refractivity contribution in [2.24, 2.45) is 5.92 Å². The lowest BCUT2D eigenvalue weighted by molar-refractivity contribution is 0.121. The first-order valence-electron chi connectivity index (χ1n) is 12.3. The number of H-pyrrole nitrogens is 1. The quantitative estimate of drug-likeness (QED) is 0.370. The van der Waals surface area contributed by atoms with Crippen LogP contribution < -0.4 is 16.0 Å². The lowest BCUT2D eigenvalue weighted by atomic mass is 9.80. The summed E-state index contributed by atoms with van der Waals surface area (Å²) in [6, 6.07) is 4.92. The molecule has 2 N–H and O–H groups in total. The van der Waals surface area contributed by atoms with Crippen molar-refractivity contribution in [3.8, 4) is 11.6 Å². The van der Waals surface area contributed by atoms with Gasteiger partial charge in [0, 0.05) is 19.1 Å². The number of halogens is 2. The van der Waals surface area contributed by atoms with Gasteiger partial charge >= 0.3 is 5.76 Å². The van der Waals surface area contributed by atoms with Gasteiger partial charge in [0.1, 0.15) is 11.3 Å². The molecule has 11 nitrogen and oxygen atoms in total. The Balaban J connectivity index is 1.52. The number of ether oxygens (including phenoxy) is 1. The molecule has 194 valence electrons.